The Morgan fingerprint density at radius 1 is 0.967 bits per heavy atom. The van der Waals surface area contributed by atoms with Gasteiger partial charge in [0.1, 0.15) is 6.04 Å². The zero-order valence-electron chi connectivity index (χ0n) is 17.8. The van der Waals surface area contributed by atoms with E-state index in [1.165, 1.54) is 0 Å². The number of rotatable bonds is 10. The molecule has 0 saturated heterocycles. The van der Waals surface area contributed by atoms with Gasteiger partial charge in [-0.3, -0.25) is 9.59 Å². The van der Waals surface area contributed by atoms with Crippen LogP contribution in [-0.4, -0.2) is 35.3 Å². The number of amides is 2. The number of hydrogen-bond donors (Lipinski definition) is 1. The first-order valence-corrected chi connectivity index (χ1v) is 11.2. The second-order valence-electron chi connectivity index (χ2n) is 7.44. The van der Waals surface area contributed by atoms with E-state index in [-0.39, 0.29) is 24.3 Å². The molecule has 0 aliphatic heterocycles. The van der Waals surface area contributed by atoms with Crippen LogP contribution in [0.25, 0.3) is 0 Å². The average Bonchev–Trinajstić information content (AvgIpc) is 2.74. The molecule has 0 bridgehead atoms. The number of carbonyl (C=O) groups excluding carboxylic acids is 2. The quantitative estimate of drug-likeness (QED) is 0.535. The molecular weight excluding hydrogens is 419 g/mol. The molecule has 2 atom stereocenters. The summed E-state index contributed by atoms with van der Waals surface area (Å²) in [6, 6.07) is 14.6. The van der Waals surface area contributed by atoms with Crippen LogP contribution in [0, 0.1) is 0 Å². The molecule has 30 heavy (non-hydrogen) atoms. The molecule has 162 valence electrons. The fraction of sp³-hybridized carbons (Fsp3) is 0.417. The van der Waals surface area contributed by atoms with E-state index in [9.17, 15) is 9.59 Å². The topological polar surface area (TPSA) is 49.4 Å². The Morgan fingerprint density at radius 3 is 2.17 bits per heavy atom. The molecule has 0 heterocycles. The lowest BCUT2D eigenvalue weighted by molar-refractivity contribution is -0.140. The minimum Gasteiger partial charge on any atom is -0.352 e. The van der Waals surface area contributed by atoms with Gasteiger partial charge in [0.25, 0.3) is 0 Å². The first kappa shape index (κ1) is 24.2. The Bertz CT molecular complexity index is 822. The van der Waals surface area contributed by atoms with Gasteiger partial charge < -0.3 is 10.2 Å². The zero-order chi connectivity index (χ0) is 22.1. The van der Waals surface area contributed by atoms with E-state index in [1.807, 2.05) is 51.1 Å². The molecule has 2 amide bonds. The van der Waals surface area contributed by atoms with Crippen LogP contribution in [0.15, 0.2) is 48.5 Å². The number of carbonyl (C=O) groups is 2. The molecule has 0 fully saturated rings. The maximum Gasteiger partial charge on any atom is 0.243 e. The summed E-state index contributed by atoms with van der Waals surface area (Å²) >= 11 is 12.6. The minimum absolute atomic E-state index is 0.0515. The van der Waals surface area contributed by atoms with Crippen molar-refractivity contribution < 1.29 is 9.59 Å². The molecule has 2 aromatic carbocycles. The fourth-order valence-corrected chi connectivity index (χ4v) is 3.82. The molecule has 2 rings (SSSR count). The maximum atomic E-state index is 13.3. The van der Waals surface area contributed by atoms with Crippen molar-refractivity contribution in [3.05, 3.63) is 69.7 Å². The molecule has 0 spiro atoms. The SMILES string of the molecule is CC[C@@H](C)NC(=O)[C@@H](CC)N(CCc1ccccc1)C(=O)Cc1c(Cl)cccc1Cl. The minimum atomic E-state index is -0.545. The lowest BCUT2D eigenvalue weighted by Gasteiger charge is -2.31. The van der Waals surface area contributed by atoms with Gasteiger partial charge in [-0.1, -0.05) is 73.4 Å². The van der Waals surface area contributed by atoms with Crippen molar-refractivity contribution in [3.63, 3.8) is 0 Å². The van der Waals surface area contributed by atoms with E-state index in [4.69, 9.17) is 23.2 Å². The summed E-state index contributed by atoms with van der Waals surface area (Å²) in [6.07, 6.45) is 2.07. The molecule has 6 heteroatoms. The molecule has 4 nitrogen and oxygen atoms in total. The Labute approximate surface area is 189 Å². The molecule has 2 aromatic rings. The van der Waals surface area contributed by atoms with Crippen molar-refractivity contribution >= 4 is 35.0 Å². The highest BCUT2D eigenvalue weighted by Crippen LogP contribution is 2.25. The van der Waals surface area contributed by atoms with Crippen molar-refractivity contribution in [2.24, 2.45) is 0 Å². The first-order chi connectivity index (χ1) is 14.4. The first-order valence-electron chi connectivity index (χ1n) is 10.4. The molecule has 0 aliphatic carbocycles. The van der Waals surface area contributed by atoms with E-state index in [0.717, 1.165) is 12.0 Å². The second kappa shape index (κ2) is 12.0. The van der Waals surface area contributed by atoms with Gasteiger partial charge in [0.15, 0.2) is 0 Å². The van der Waals surface area contributed by atoms with Crippen LogP contribution in [0.2, 0.25) is 10.0 Å². The Morgan fingerprint density at radius 2 is 1.60 bits per heavy atom. The van der Waals surface area contributed by atoms with Crippen molar-refractivity contribution in [1.82, 2.24) is 10.2 Å². The standard InChI is InChI=1S/C24H30Cl2N2O2/c1-4-17(3)27-24(30)22(5-2)28(15-14-18-10-7-6-8-11-18)23(29)16-19-20(25)12-9-13-21(19)26/h6-13,17,22H,4-5,14-16H2,1-3H3,(H,27,30)/t17-,22-/m1/s1. The molecule has 0 aromatic heterocycles. The molecule has 1 N–H and O–H groups in total. The van der Waals surface area contributed by atoms with E-state index < -0.39 is 6.04 Å². The number of nitrogens with one attached hydrogen (secondary N) is 1. The van der Waals surface area contributed by atoms with Crippen LogP contribution in [0.3, 0.4) is 0 Å². The number of hydrogen-bond acceptors (Lipinski definition) is 2. The van der Waals surface area contributed by atoms with Crippen LogP contribution in [0.5, 0.6) is 0 Å². The van der Waals surface area contributed by atoms with E-state index >= 15 is 0 Å². The van der Waals surface area contributed by atoms with Crippen LogP contribution >= 0.6 is 23.2 Å². The van der Waals surface area contributed by atoms with Gasteiger partial charge in [0.05, 0.1) is 6.42 Å². The number of benzene rings is 2. The average molecular weight is 449 g/mol. The summed E-state index contributed by atoms with van der Waals surface area (Å²) in [5, 5.41) is 3.92. The highest BCUT2D eigenvalue weighted by atomic mass is 35.5. The van der Waals surface area contributed by atoms with Gasteiger partial charge in [0, 0.05) is 22.6 Å². The molecular formula is C24H30Cl2N2O2. The fourth-order valence-electron chi connectivity index (χ4n) is 3.29. The summed E-state index contributed by atoms with van der Waals surface area (Å²) in [6.45, 7) is 6.34. The summed E-state index contributed by atoms with van der Waals surface area (Å²) in [5.41, 5.74) is 1.70. The third-order valence-corrected chi connectivity index (χ3v) is 5.97. The van der Waals surface area contributed by atoms with Crippen LogP contribution in [-0.2, 0) is 22.4 Å². The maximum absolute atomic E-state index is 13.3. The van der Waals surface area contributed by atoms with Crippen molar-refractivity contribution in [2.75, 3.05) is 6.54 Å². The Kier molecular flexibility index (Phi) is 9.67. The predicted octanol–water partition coefficient (Wildman–Crippen LogP) is 5.30. The Balaban J connectivity index is 2.26. The predicted molar refractivity (Wildman–Crippen MR) is 124 cm³/mol. The van der Waals surface area contributed by atoms with Crippen molar-refractivity contribution in [2.45, 2.75) is 58.5 Å². The molecule has 0 radical (unpaired) electrons. The zero-order valence-corrected chi connectivity index (χ0v) is 19.3. The van der Waals surface area contributed by atoms with Crippen molar-refractivity contribution in [3.8, 4) is 0 Å². The lowest BCUT2D eigenvalue weighted by atomic mass is 10.1. The molecule has 0 aliphatic rings. The number of nitrogens with zero attached hydrogens (tertiary/aromatic N) is 1. The van der Waals surface area contributed by atoms with Gasteiger partial charge in [-0.2, -0.15) is 0 Å². The van der Waals surface area contributed by atoms with E-state index in [0.29, 0.717) is 35.0 Å². The van der Waals surface area contributed by atoms with Crippen molar-refractivity contribution in [1.29, 1.82) is 0 Å². The van der Waals surface area contributed by atoms with Gasteiger partial charge in [-0.05, 0) is 49.4 Å². The van der Waals surface area contributed by atoms with Crippen LogP contribution < -0.4 is 5.32 Å². The second-order valence-corrected chi connectivity index (χ2v) is 8.26. The molecule has 0 unspecified atom stereocenters. The molecule has 0 saturated carbocycles. The normalized spacial score (nSPS) is 12.8. The van der Waals surface area contributed by atoms with Gasteiger partial charge in [-0.25, -0.2) is 0 Å². The number of halogens is 2. The highest BCUT2D eigenvalue weighted by Gasteiger charge is 2.29. The van der Waals surface area contributed by atoms with Gasteiger partial charge in [0.2, 0.25) is 11.8 Å². The van der Waals surface area contributed by atoms with Gasteiger partial charge in [-0.15, -0.1) is 0 Å². The summed E-state index contributed by atoms with van der Waals surface area (Å²) in [7, 11) is 0. The van der Waals surface area contributed by atoms with E-state index in [2.05, 4.69) is 5.32 Å². The van der Waals surface area contributed by atoms with Gasteiger partial charge >= 0.3 is 0 Å². The third-order valence-electron chi connectivity index (χ3n) is 5.26. The third kappa shape index (κ3) is 6.75. The summed E-state index contributed by atoms with van der Waals surface area (Å²) < 4.78 is 0. The highest BCUT2D eigenvalue weighted by molar-refractivity contribution is 6.36. The van der Waals surface area contributed by atoms with Crippen LogP contribution in [0.1, 0.15) is 44.7 Å². The monoisotopic (exact) mass is 448 g/mol. The van der Waals surface area contributed by atoms with E-state index in [1.54, 1.807) is 23.1 Å². The summed E-state index contributed by atoms with van der Waals surface area (Å²) in [5.74, 6) is -0.286. The van der Waals surface area contributed by atoms with Crippen LogP contribution in [0.4, 0.5) is 0 Å². The largest absolute Gasteiger partial charge is 0.352 e. The smallest absolute Gasteiger partial charge is 0.243 e. The lowest BCUT2D eigenvalue weighted by Crippen LogP contribution is -2.52. The summed E-state index contributed by atoms with van der Waals surface area (Å²) in [4.78, 5) is 27.9. The Hall–Kier alpha value is -2.04.